The number of benzene rings is 1. The van der Waals surface area contributed by atoms with Crippen molar-refractivity contribution in [2.24, 2.45) is 17.2 Å². The fraction of sp³-hybridized carbons (Fsp3) is 0.409. The molecule has 4 unspecified atom stereocenters. The summed E-state index contributed by atoms with van der Waals surface area (Å²) in [5.41, 5.74) is 16.6. The molecule has 1 rings (SSSR count). The van der Waals surface area contributed by atoms with Crippen molar-refractivity contribution >= 4 is 41.5 Å². The van der Waals surface area contributed by atoms with Crippen LogP contribution < -0.4 is 33.2 Å². The van der Waals surface area contributed by atoms with Crippen molar-refractivity contribution in [3.8, 4) is 5.75 Å². The van der Waals surface area contributed by atoms with Crippen LogP contribution in [-0.4, -0.2) is 81.0 Å². The van der Waals surface area contributed by atoms with Crippen molar-refractivity contribution in [3.05, 3.63) is 29.8 Å². The molecule has 0 aliphatic carbocycles. The van der Waals surface area contributed by atoms with Crippen LogP contribution in [0, 0.1) is 0 Å². The number of nitrogens with one attached hydrogen (secondary N) is 3. The fourth-order valence-corrected chi connectivity index (χ4v) is 3.14. The fourth-order valence-electron chi connectivity index (χ4n) is 3.14. The monoisotopic (exact) mass is 538 g/mol. The highest BCUT2D eigenvalue weighted by atomic mass is 16.4. The number of rotatable bonds is 16. The van der Waals surface area contributed by atoms with Gasteiger partial charge < -0.3 is 48.5 Å². The van der Waals surface area contributed by atoms with Crippen molar-refractivity contribution in [2.75, 3.05) is 0 Å². The Labute approximate surface area is 215 Å². The number of carbonyl (C=O) groups excluding carboxylic acids is 5. The lowest BCUT2D eigenvalue weighted by atomic mass is 10.0. The summed E-state index contributed by atoms with van der Waals surface area (Å²) in [5, 5.41) is 34.0. The van der Waals surface area contributed by atoms with Crippen LogP contribution in [0.5, 0.6) is 5.75 Å². The summed E-state index contributed by atoms with van der Waals surface area (Å²) in [6.45, 7) is 0. The number of carboxylic acids is 2. The number of primary amides is 2. The third kappa shape index (κ3) is 11.3. The first-order valence-corrected chi connectivity index (χ1v) is 11.1. The second kappa shape index (κ2) is 14.7. The van der Waals surface area contributed by atoms with Crippen molar-refractivity contribution in [2.45, 2.75) is 56.3 Å². The highest BCUT2D eigenvalue weighted by Crippen LogP contribution is 2.11. The molecule has 0 saturated heterocycles. The van der Waals surface area contributed by atoms with E-state index in [-0.39, 0.29) is 25.0 Å². The quantitative estimate of drug-likeness (QED) is 0.0990. The number of carboxylic acid groups (broad SMARTS) is 2. The molecule has 0 aliphatic rings. The van der Waals surface area contributed by atoms with Gasteiger partial charge in [-0.1, -0.05) is 12.1 Å². The number of carbonyl (C=O) groups is 7. The molecule has 1 aromatic carbocycles. The van der Waals surface area contributed by atoms with Crippen molar-refractivity contribution in [3.63, 3.8) is 0 Å². The van der Waals surface area contributed by atoms with E-state index in [1.54, 1.807) is 0 Å². The lowest BCUT2D eigenvalue weighted by Gasteiger charge is -2.24. The Bertz CT molecular complexity index is 1060. The lowest BCUT2D eigenvalue weighted by molar-refractivity contribution is -0.144. The Morgan fingerprint density at radius 2 is 1.26 bits per heavy atom. The zero-order chi connectivity index (χ0) is 29.0. The molecule has 0 saturated carbocycles. The first-order valence-electron chi connectivity index (χ1n) is 11.1. The molecule has 38 heavy (non-hydrogen) atoms. The van der Waals surface area contributed by atoms with Gasteiger partial charge in [-0.3, -0.25) is 28.8 Å². The van der Waals surface area contributed by atoms with Gasteiger partial charge in [-0.05, 0) is 30.5 Å². The second-order valence-corrected chi connectivity index (χ2v) is 8.27. The van der Waals surface area contributed by atoms with E-state index in [0.29, 0.717) is 5.56 Å². The van der Waals surface area contributed by atoms with Crippen LogP contribution in [0.4, 0.5) is 0 Å². The number of nitrogens with two attached hydrogens (primary N) is 3. The average Bonchev–Trinajstić information content (AvgIpc) is 2.81. The first kappa shape index (κ1) is 31.3. The standard InChI is InChI=1S/C22H30N6O10/c23-12(7-10-1-3-11(29)4-2-10)19(34)26-13(5-6-16(24)30)20(35)27-14(9-18(32)33)21(36)28-15(22(37)38)8-17(25)31/h1-4,12-15,29H,5-9,23H2,(H2,24,30)(H2,25,31)(H,26,34)(H,27,35)(H,28,36)(H,32,33)(H,37,38). The van der Waals surface area contributed by atoms with Gasteiger partial charge in [0.05, 0.1) is 18.9 Å². The molecule has 0 radical (unpaired) electrons. The van der Waals surface area contributed by atoms with Crippen molar-refractivity contribution < 1.29 is 48.9 Å². The van der Waals surface area contributed by atoms with E-state index in [0.717, 1.165) is 0 Å². The Hall–Kier alpha value is -4.73. The number of hydrogen-bond donors (Lipinski definition) is 9. The molecule has 0 spiro atoms. The Morgan fingerprint density at radius 1 is 0.737 bits per heavy atom. The van der Waals surface area contributed by atoms with Gasteiger partial charge in [0.25, 0.3) is 0 Å². The maximum Gasteiger partial charge on any atom is 0.326 e. The molecule has 0 fully saturated rings. The van der Waals surface area contributed by atoms with E-state index in [2.05, 4.69) is 10.6 Å². The molecule has 208 valence electrons. The minimum Gasteiger partial charge on any atom is -0.508 e. The average molecular weight is 539 g/mol. The molecule has 4 atom stereocenters. The van der Waals surface area contributed by atoms with Crippen molar-refractivity contribution in [1.82, 2.24) is 16.0 Å². The maximum absolute atomic E-state index is 12.9. The van der Waals surface area contributed by atoms with Crippen LogP contribution in [0.3, 0.4) is 0 Å². The topological polar surface area (TPSA) is 294 Å². The Balaban J connectivity index is 3.02. The van der Waals surface area contributed by atoms with Gasteiger partial charge in [0, 0.05) is 6.42 Å². The summed E-state index contributed by atoms with van der Waals surface area (Å²) in [4.78, 5) is 82.9. The van der Waals surface area contributed by atoms with Crippen molar-refractivity contribution in [1.29, 1.82) is 0 Å². The van der Waals surface area contributed by atoms with Gasteiger partial charge >= 0.3 is 11.9 Å². The normalized spacial score (nSPS) is 13.7. The van der Waals surface area contributed by atoms with Gasteiger partial charge in [0.15, 0.2) is 0 Å². The highest BCUT2D eigenvalue weighted by Gasteiger charge is 2.32. The van der Waals surface area contributed by atoms with Gasteiger partial charge in [-0.25, -0.2) is 4.79 Å². The summed E-state index contributed by atoms with van der Waals surface area (Å²) in [7, 11) is 0. The molecule has 12 N–H and O–H groups in total. The highest BCUT2D eigenvalue weighted by molar-refractivity contribution is 5.96. The number of aromatic hydroxyl groups is 1. The van der Waals surface area contributed by atoms with E-state index in [1.165, 1.54) is 24.3 Å². The summed E-state index contributed by atoms with van der Waals surface area (Å²) in [6.07, 6.45) is -2.49. The van der Waals surface area contributed by atoms with Crippen LogP contribution in [0.25, 0.3) is 0 Å². The Morgan fingerprint density at radius 3 is 1.76 bits per heavy atom. The molecule has 0 heterocycles. The second-order valence-electron chi connectivity index (χ2n) is 8.27. The molecule has 5 amide bonds. The predicted octanol–water partition coefficient (Wildman–Crippen LogP) is -3.58. The molecule has 16 nitrogen and oxygen atoms in total. The van der Waals surface area contributed by atoms with Crippen LogP contribution in [0.1, 0.15) is 31.2 Å². The first-order chi connectivity index (χ1) is 17.7. The molecule has 0 aromatic heterocycles. The van der Waals surface area contributed by atoms with Gasteiger partial charge in [-0.15, -0.1) is 0 Å². The summed E-state index contributed by atoms with van der Waals surface area (Å²) < 4.78 is 0. The van der Waals surface area contributed by atoms with Crippen LogP contribution in [0.15, 0.2) is 24.3 Å². The zero-order valence-electron chi connectivity index (χ0n) is 20.1. The van der Waals surface area contributed by atoms with Crippen LogP contribution in [-0.2, 0) is 40.0 Å². The minimum atomic E-state index is -1.83. The minimum absolute atomic E-state index is 0.000728. The molecular weight excluding hydrogens is 508 g/mol. The lowest BCUT2D eigenvalue weighted by Crippen LogP contribution is -2.58. The third-order valence-corrected chi connectivity index (χ3v) is 5.07. The van der Waals surface area contributed by atoms with Gasteiger partial charge in [0.1, 0.15) is 23.9 Å². The van der Waals surface area contributed by atoms with Crippen LogP contribution in [0.2, 0.25) is 0 Å². The largest absolute Gasteiger partial charge is 0.508 e. The predicted molar refractivity (Wildman–Crippen MR) is 128 cm³/mol. The molecular formula is C22H30N6O10. The maximum atomic E-state index is 12.9. The van der Waals surface area contributed by atoms with Gasteiger partial charge in [0.2, 0.25) is 29.5 Å². The Kier molecular flexibility index (Phi) is 12.1. The summed E-state index contributed by atoms with van der Waals surface area (Å²) >= 11 is 0. The van der Waals surface area contributed by atoms with E-state index in [1.807, 2.05) is 5.32 Å². The van der Waals surface area contributed by atoms with E-state index >= 15 is 0 Å². The molecule has 0 bridgehead atoms. The smallest absolute Gasteiger partial charge is 0.326 e. The molecule has 16 heteroatoms. The zero-order valence-corrected chi connectivity index (χ0v) is 20.1. The molecule has 0 aliphatic heterocycles. The number of amides is 5. The third-order valence-electron chi connectivity index (χ3n) is 5.07. The number of phenolic OH excluding ortho intramolecular Hbond substituents is 1. The van der Waals surface area contributed by atoms with E-state index in [9.17, 15) is 38.7 Å². The number of hydrogen-bond acceptors (Lipinski definition) is 9. The van der Waals surface area contributed by atoms with Gasteiger partial charge in [-0.2, -0.15) is 0 Å². The summed E-state index contributed by atoms with van der Waals surface area (Å²) in [6, 6.07) is -0.457. The molecule has 1 aromatic rings. The number of aliphatic carboxylic acids is 2. The van der Waals surface area contributed by atoms with E-state index < -0.39 is 78.5 Å². The number of phenols is 1. The van der Waals surface area contributed by atoms with Crippen LogP contribution >= 0.6 is 0 Å². The van der Waals surface area contributed by atoms with E-state index in [4.69, 9.17) is 27.4 Å². The SMILES string of the molecule is NC(=O)CCC(NC(=O)C(N)Cc1ccc(O)cc1)C(=O)NC(CC(=O)O)C(=O)NC(CC(N)=O)C(=O)O. The summed E-state index contributed by atoms with van der Waals surface area (Å²) in [5.74, 6) is -8.21.